The number of amides is 1. The molecule has 0 atom stereocenters. The van der Waals surface area contributed by atoms with Gasteiger partial charge in [-0.1, -0.05) is 41.4 Å². The molecule has 0 heterocycles. The lowest BCUT2D eigenvalue weighted by atomic mass is 10.2. The molecule has 156 valence electrons. The maximum Gasteiger partial charge on any atom is 0.261 e. The van der Waals surface area contributed by atoms with Crippen molar-refractivity contribution < 1.29 is 13.2 Å². The molecule has 30 heavy (non-hydrogen) atoms. The molecule has 0 spiro atoms. The van der Waals surface area contributed by atoms with Gasteiger partial charge < -0.3 is 5.32 Å². The van der Waals surface area contributed by atoms with Crippen molar-refractivity contribution in [1.29, 1.82) is 0 Å². The topological polar surface area (TPSA) is 75.3 Å². The van der Waals surface area contributed by atoms with Crippen LogP contribution in [0.3, 0.4) is 0 Å². The van der Waals surface area contributed by atoms with Crippen LogP contribution in [0.2, 0.25) is 5.02 Å². The van der Waals surface area contributed by atoms with Crippen LogP contribution in [-0.2, 0) is 14.8 Å². The maximum atomic E-state index is 12.5. The lowest BCUT2D eigenvalue weighted by molar-refractivity contribution is -0.115. The lowest BCUT2D eigenvalue weighted by Crippen LogP contribution is -2.14. The lowest BCUT2D eigenvalue weighted by Gasteiger charge is -2.10. The summed E-state index contributed by atoms with van der Waals surface area (Å²) in [4.78, 5) is 13.3. The van der Waals surface area contributed by atoms with Crippen LogP contribution >= 0.6 is 23.4 Å². The quantitative estimate of drug-likeness (QED) is 0.431. The molecule has 3 rings (SSSR count). The molecule has 0 radical (unpaired) electrons. The normalized spacial score (nSPS) is 11.1. The van der Waals surface area contributed by atoms with Crippen LogP contribution in [-0.4, -0.2) is 20.1 Å². The standard InChI is InChI=1S/C22H21ClN2O3S2/c1-16-6-10-18(11-7-16)29-15-14-22(26)24-17-8-12-19(13-9-17)30(27,28)25-21-5-3-2-4-20(21)23/h2-13,25H,14-15H2,1H3,(H,24,26). The van der Waals surface area contributed by atoms with Crippen LogP contribution in [0.25, 0.3) is 0 Å². The van der Waals surface area contributed by atoms with Crippen LogP contribution in [0.5, 0.6) is 0 Å². The van der Waals surface area contributed by atoms with Gasteiger partial charge in [0.15, 0.2) is 0 Å². The first-order chi connectivity index (χ1) is 14.3. The molecule has 3 aromatic rings. The van der Waals surface area contributed by atoms with Crippen molar-refractivity contribution in [2.24, 2.45) is 0 Å². The van der Waals surface area contributed by atoms with Gasteiger partial charge in [-0.2, -0.15) is 0 Å². The first kappa shape index (κ1) is 22.2. The minimum atomic E-state index is -3.78. The molecule has 0 bridgehead atoms. The van der Waals surface area contributed by atoms with Crippen molar-refractivity contribution in [2.75, 3.05) is 15.8 Å². The predicted molar refractivity (Wildman–Crippen MR) is 124 cm³/mol. The molecule has 5 nitrogen and oxygen atoms in total. The van der Waals surface area contributed by atoms with E-state index in [1.165, 1.54) is 17.7 Å². The molecule has 0 aliphatic rings. The zero-order valence-corrected chi connectivity index (χ0v) is 18.7. The molecule has 0 fully saturated rings. The maximum absolute atomic E-state index is 12.5. The summed E-state index contributed by atoms with van der Waals surface area (Å²) < 4.78 is 27.5. The third kappa shape index (κ3) is 6.26. The van der Waals surface area contributed by atoms with E-state index >= 15 is 0 Å². The Morgan fingerprint density at radius 1 is 0.967 bits per heavy atom. The van der Waals surface area contributed by atoms with E-state index in [2.05, 4.69) is 10.0 Å². The van der Waals surface area contributed by atoms with Crippen LogP contribution in [0.15, 0.2) is 82.6 Å². The van der Waals surface area contributed by atoms with E-state index in [0.717, 1.165) is 4.90 Å². The second kappa shape index (κ2) is 10.0. The van der Waals surface area contributed by atoms with E-state index in [9.17, 15) is 13.2 Å². The number of nitrogens with one attached hydrogen (secondary N) is 2. The minimum Gasteiger partial charge on any atom is -0.326 e. The zero-order chi connectivity index (χ0) is 21.6. The molecule has 8 heteroatoms. The summed E-state index contributed by atoms with van der Waals surface area (Å²) in [5.74, 6) is 0.530. The Morgan fingerprint density at radius 3 is 2.30 bits per heavy atom. The molecule has 0 unspecified atom stereocenters. The van der Waals surface area contributed by atoms with E-state index < -0.39 is 10.0 Å². The Bertz CT molecular complexity index is 1120. The summed E-state index contributed by atoms with van der Waals surface area (Å²) in [6, 6.07) is 20.8. The number of halogens is 1. The fraction of sp³-hybridized carbons (Fsp3) is 0.136. The number of anilines is 2. The number of thioether (sulfide) groups is 1. The van der Waals surface area contributed by atoms with Gasteiger partial charge >= 0.3 is 0 Å². The van der Waals surface area contributed by atoms with Gasteiger partial charge in [0.25, 0.3) is 10.0 Å². The van der Waals surface area contributed by atoms with Crippen molar-refractivity contribution in [3.63, 3.8) is 0 Å². The van der Waals surface area contributed by atoms with Crippen molar-refractivity contribution in [1.82, 2.24) is 0 Å². The number of rotatable bonds is 8. The van der Waals surface area contributed by atoms with Crippen molar-refractivity contribution in [2.45, 2.75) is 23.1 Å². The van der Waals surface area contributed by atoms with E-state index in [1.54, 1.807) is 48.2 Å². The van der Waals surface area contributed by atoms with Crippen LogP contribution in [0.4, 0.5) is 11.4 Å². The van der Waals surface area contributed by atoms with E-state index in [0.29, 0.717) is 28.6 Å². The van der Waals surface area contributed by atoms with E-state index in [4.69, 9.17) is 11.6 Å². The number of hydrogen-bond donors (Lipinski definition) is 2. The molecule has 0 saturated heterocycles. The molecular weight excluding hydrogens is 440 g/mol. The average molecular weight is 461 g/mol. The first-order valence-electron chi connectivity index (χ1n) is 9.20. The molecule has 2 N–H and O–H groups in total. The summed E-state index contributed by atoms with van der Waals surface area (Å²) in [7, 11) is -3.78. The predicted octanol–water partition coefficient (Wildman–Crippen LogP) is 5.57. The monoisotopic (exact) mass is 460 g/mol. The summed E-state index contributed by atoms with van der Waals surface area (Å²) >= 11 is 7.63. The van der Waals surface area contributed by atoms with Gasteiger partial charge in [0.05, 0.1) is 15.6 Å². The average Bonchev–Trinajstić information content (AvgIpc) is 2.71. The number of carbonyl (C=O) groups is 1. The summed E-state index contributed by atoms with van der Waals surface area (Å²) in [6.07, 6.45) is 0.354. The highest BCUT2D eigenvalue weighted by atomic mass is 35.5. The van der Waals surface area contributed by atoms with Gasteiger partial charge in [0.2, 0.25) is 5.91 Å². The van der Waals surface area contributed by atoms with Gasteiger partial charge in [0.1, 0.15) is 0 Å². The SMILES string of the molecule is Cc1ccc(SCCC(=O)Nc2ccc(S(=O)(=O)Nc3ccccc3Cl)cc2)cc1. The molecule has 0 aliphatic heterocycles. The highest BCUT2D eigenvalue weighted by Crippen LogP contribution is 2.25. The second-order valence-corrected chi connectivity index (χ2v) is 9.83. The number of aryl methyl sites for hydroxylation is 1. The number of para-hydroxylation sites is 1. The molecule has 1 amide bonds. The van der Waals surface area contributed by atoms with Gasteiger partial charge in [-0.15, -0.1) is 11.8 Å². The van der Waals surface area contributed by atoms with Crippen LogP contribution < -0.4 is 10.0 Å². The van der Waals surface area contributed by atoms with Gasteiger partial charge in [-0.25, -0.2) is 8.42 Å². The number of hydrogen-bond acceptors (Lipinski definition) is 4. The largest absolute Gasteiger partial charge is 0.326 e. The fourth-order valence-electron chi connectivity index (χ4n) is 2.58. The third-order valence-corrected chi connectivity index (χ3v) is 6.91. The van der Waals surface area contributed by atoms with E-state index in [-0.39, 0.29) is 10.8 Å². The van der Waals surface area contributed by atoms with Crippen LogP contribution in [0, 0.1) is 6.92 Å². The van der Waals surface area contributed by atoms with Gasteiger partial charge in [-0.3, -0.25) is 9.52 Å². The first-order valence-corrected chi connectivity index (χ1v) is 12.0. The molecule has 0 saturated carbocycles. The molecule has 0 aromatic heterocycles. The van der Waals surface area contributed by atoms with Crippen molar-refractivity contribution in [3.8, 4) is 0 Å². The highest BCUT2D eigenvalue weighted by Gasteiger charge is 2.15. The summed E-state index contributed by atoms with van der Waals surface area (Å²) in [5, 5.41) is 3.10. The number of carbonyl (C=O) groups excluding carboxylic acids is 1. The van der Waals surface area contributed by atoms with Gasteiger partial charge in [0, 0.05) is 22.8 Å². The van der Waals surface area contributed by atoms with Crippen LogP contribution in [0.1, 0.15) is 12.0 Å². The highest BCUT2D eigenvalue weighted by molar-refractivity contribution is 7.99. The Kier molecular flexibility index (Phi) is 7.42. The molecule has 3 aromatic carbocycles. The van der Waals surface area contributed by atoms with Gasteiger partial charge in [-0.05, 0) is 55.5 Å². The Morgan fingerprint density at radius 2 is 1.63 bits per heavy atom. The minimum absolute atomic E-state index is 0.0790. The molecule has 0 aliphatic carbocycles. The van der Waals surface area contributed by atoms with Crippen molar-refractivity contribution >= 4 is 50.7 Å². The van der Waals surface area contributed by atoms with E-state index in [1.807, 2.05) is 31.2 Å². The summed E-state index contributed by atoms with van der Waals surface area (Å²) in [5.41, 5.74) is 2.05. The number of sulfonamides is 1. The Balaban J connectivity index is 1.54. The Hall–Kier alpha value is -2.48. The smallest absolute Gasteiger partial charge is 0.261 e. The summed E-state index contributed by atoms with van der Waals surface area (Å²) in [6.45, 7) is 2.03. The second-order valence-electron chi connectivity index (χ2n) is 6.57. The molecular formula is C22H21ClN2O3S2. The fourth-order valence-corrected chi connectivity index (χ4v) is 4.76. The van der Waals surface area contributed by atoms with Crippen molar-refractivity contribution in [3.05, 3.63) is 83.4 Å². The zero-order valence-electron chi connectivity index (χ0n) is 16.3. The third-order valence-electron chi connectivity index (χ3n) is 4.19. The Labute approximate surface area is 185 Å². The number of benzene rings is 3.